The van der Waals surface area contributed by atoms with Crippen molar-refractivity contribution in [3.63, 3.8) is 0 Å². The fourth-order valence-corrected chi connectivity index (χ4v) is 0. The van der Waals surface area contributed by atoms with Crippen LogP contribution in [0.3, 0.4) is 0 Å². The average molecular weight is 172 g/mol. The molecule has 7 heavy (non-hydrogen) atoms. The first-order chi connectivity index (χ1) is 2.00. The Morgan fingerprint density at radius 3 is 1.14 bits per heavy atom. The third-order valence-corrected chi connectivity index (χ3v) is 0. The van der Waals surface area contributed by atoms with E-state index in [-0.39, 0.29) is 106 Å². The Morgan fingerprint density at radius 1 is 1.14 bits per heavy atom. The zero-order valence-corrected chi connectivity index (χ0v) is 12.6. The Bertz CT molecular complexity index is 36.0. The molecule has 0 amide bonds. The maximum atomic E-state index is 8.22. The molecule has 0 aromatic carbocycles. The van der Waals surface area contributed by atoms with Gasteiger partial charge in [0.25, 0.3) is 0 Å². The van der Waals surface area contributed by atoms with Gasteiger partial charge in [-0.25, -0.2) is 0 Å². The van der Waals surface area contributed by atoms with Crippen LogP contribution in [0.2, 0.25) is 13.1 Å². The van der Waals surface area contributed by atoms with Crippen LogP contribution in [0.1, 0.15) is 2.85 Å². The maximum absolute atomic E-state index is 8.22. The predicted molar refractivity (Wildman–Crippen MR) is 24.1 cm³/mol. The minimum Gasteiger partial charge on any atom is -1.00 e. The van der Waals surface area contributed by atoms with Crippen molar-refractivity contribution in [3.05, 3.63) is 0 Å². The summed E-state index contributed by atoms with van der Waals surface area (Å²) >= 11 is 0. The van der Waals surface area contributed by atoms with E-state index in [9.17, 15) is 0 Å². The van der Waals surface area contributed by atoms with Crippen LogP contribution in [0.5, 0.6) is 0 Å². The van der Waals surface area contributed by atoms with Crippen LogP contribution in [0.4, 0.5) is 0 Å². The molecule has 0 aliphatic heterocycles. The number of hydrogen-bond donors (Lipinski definition) is 2. The van der Waals surface area contributed by atoms with Gasteiger partial charge in [-0.15, -0.1) is 0 Å². The van der Waals surface area contributed by atoms with Gasteiger partial charge in [-0.1, -0.05) is 0 Å². The van der Waals surface area contributed by atoms with Crippen molar-refractivity contribution in [2.45, 2.75) is 13.1 Å². The largest absolute Gasteiger partial charge is 1.00 e. The molecule has 2 nitrogen and oxygen atoms in total. The third-order valence-electron chi connectivity index (χ3n) is 0. The first-order valence-corrected chi connectivity index (χ1v) is 4.34. The van der Waals surface area contributed by atoms with Gasteiger partial charge >= 0.3 is 111 Å². The normalized spacial score (nSPS) is 8.57. The summed E-state index contributed by atoms with van der Waals surface area (Å²) in [6, 6.07) is 0. The van der Waals surface area contributed by atoms with E-state index < -0.39 is 8.56 Å². The maximum Gasteiger partial charge on any atom is 1.00 e. The van der Waals surface area contributed by atoms with Gasteiger partial charge in [0.2, 0.25) is 0 Å². The standard InChI is InChI=1S/C2H8O2Si.2K.2H/c1-5(2,3)4;;;;/h3-4H,1-2H3;;;;/q;2*+1;2*-1. The van der Waals surface area contributed by atoms with Gasteiger partial charge in [0.1, 0.15) is 0 Å². The Hall–Kier alpha value is 3.41. The van der Waals surface area contributed by atoms with E-state index in [0.29, 0.717) is 0 Å². The fourth-order valence-electron chi connectivity index (χ4n) is 0. The zero-order valence-electron chi connectivity index (χ0n) is 7.39. The van der Waals surface area contributed by atoms with E-state index >= 15 is 0 Å². The van der Waals surface area contributed by atoms with Crippen LogP contribution in [0.15, 0.2) is 0 Å². The third kappa shape index (κ3) is 44.4. The summed E-state index contributed by atoms with van der Waals surface area (Å²) in [6.45, 7) is 2.88. The SMILES string of the molecule is C[Si](C)(O)O.[H-].[H-].[K+].[K+]. The molecular weight excluding hydrogens is 162 g/mol. The second-order valence-corrected chi connectivity index (χ2v) is 4.48. The van der Waals surface area contributed by atoms with Crippen LogP contribution in [0.25, 0.3) is 0 Å². The second-order valence-electron chi connectivity index (χ2n) is 1.49. The van der Waals surface area contributed by atoms with Crippen molar-refractivity contribution >= 4 is 8.56 Å². The van der Waals surface area contributed by atoms with Gasteiger partial charge in [0.05, 0.1) is 0 Å². The molecule has 0 aromatic heterocycles. The quantitative estimate of drug-likeness (QED) is 0.357. The Morgan fingerprint density at radius 2 is 1.14 bits per heavy atom. The molecule has 0 fully saturated rings. The molecule has 0 heterocycles. The summed E-state index contributed by atoms with van der Waals surface area (Å²) in [4.78, 5) is 16.4. The van der Waals surface area contributed by atoms with Crippen LogP contribution in [-0.2, 0) is 0 Å². The first-order valence-electron chi connectivity index (χ1n) is 1.45. The first kappa shape index (κ1) is 16.8. The molecule has 0 saturated heterocycles. The number of rotatable bonds is 0. The zero-order chi connectivity index (χ0) is 4.50. The summed E-state index contributed by atoms with van der Waals surface area (Å²) in [5.41, 5.74) is 0. The van der Waals surface area contributed by atoms with Crippen LogP contribution in [0, 0.1) is 0 Å². The van der Waals surface area contributed by atoms with E-state index in [1.54, 1.807) is 0 Å². The molecule has 2 N–H and O–H groups in total. The van der Waals surface area contributed by atoms with Crippen molar-refractivity contribution in [3.8, 4) is 0 Å². The van der Waals surface area contributed by atoms with E-state index in [0.717, 1.165) is 0 Å². The van der Waals surface area contributed by atoms with Gasteiger partial charge in [-0.05, 0) is 13.1 Å². The molecular formula is C2H10K2O2Si. The smallest absolute Gasteiger partial charge is 1.00 e. The summed E-state index contributed by atoms with van der Waals surface area (Å²) < 4.78 is 0. The molecule has 0 radical (unpaired) electrons. The molecule has 0 rings (SSSR count). The summed E-state index contributed by atoms with van der Waals surface area (Å²) in [5.74, 6) is 0. The monoisotopic (exact) mass is 172 g/mol. The van der Waals surface area contributed by atoms with Crippen molar-refractivity contribution in [1.29, 1.82) is 0 Å². The molecule has 0 saturated carbocycles. The molecule has 0 unspecified atom stereocenters. The minimum absolute atomic E-state index is 0. The average Bonchev–Trinajstić information content (AvgIpc) is 0.722. The van der Waals surface area contributed by atoms with E-state index in [4.69, 9.17) is 9.59 Å². The number of hydrogen-bond acceptors (Lipinski definition) is 2. The topological polar surface area (TPSA) is 40.5 Å². The van der Waals surface area contributed by atoms with Gasteiger partial charge in [-0.2, -0.15) is 0 Å². The van der Waals surface area contributed by atoms with Crippen LogP contribution >= 0.6 is 0 Å². The van der Waals surface area contributed by atoms with Gasteiger partial charge in [0, 0.05) is 0 Å². The second kappa shape index (κ2) is 7.52. The van der Waals surface area contributed by atoms with Crippen LogP contribution < -0.4 is 103 Å². The van der Waals surface area contributed by atoms with Crippen molar-refractivity contribution in [2.24, 2.45) is 0 Å². The predicted octanol–water partition coefficient (Wildman–Crippen LogP) is -6.09. The minimum atomic E-state index is -2.61. The van der Waals surface area contributed by atoms with E-state index in [2.05, 4.69) is 0 Å². The fraction of sp³-hybridized carbons (Fsp3) is 1.00. The Labute approximate surface area is 133 Å². The van der Waals surface area contributed by atoms with E-state index in [1.165, 1.54) is 13.1 Å². The van der Waals surface area contributed by atoms with Crippen molar-refractivity contribution in [2.75, 3.05) is 0 Å². The van der Waals surface area contributed by atoms with Gasteiger partial charge < -0.3 is 12.4 Å². The van der Waals surface area contributed by atoms with Crippen molar-refractivity contribution < 1.29 is 115 Å². The van der Waals surface area contributed by atoms with Gasteiger partial charge in [-0.3, -0.25) is 0 Å². The Kier molecular flexibility index (Phi) is 18.0. The molecule has 0 atom stereocenters. The molecule has 5 heteroatoms. The van der Waals surface area contributed by atoms with Crippen LogP contribution in [-0.4, -0.2) is 18.2 Å². The molecule has 0 aliphatic carbocycles. The summed E-state index contributed by atoms with van der Waals surface area (Å²) in [6.07, 6.45) is 0. The molecule has 0 aliphatic rings. The molecule has 36 valence electrons. The molecule has 0 aromatic rings. The molecule has 0 spiro atoms. The summed E-state index contributed by atoms with van der Waals surface area (Å²) in [5, 5.41) is 0. The van der Waals surface area contributed by atoms with E-state index in [1.807, 2.05) is 0 Å². The van der Waals surface area contributed by atoms with Gasteiger partial charge in [0.15, 0.2) is 0 Å². The Balaban J connectivity index is -0.0000000133. The summed E-state index contributed by atoms with van der Waals surface area (Å²) in [7, 11) is -2.61. The van der Waals surface area contributed by atoms with Crippen molar-refractivity contribution in [1.82, 2.24) is 0 Å². The molecule has 0 bridgehead atoms.